The number of fused-ring (bicyclic) bond motifs is 2. The Hall–Kier alpha value is -5.09. The minimum atomic E-state index is -0.393. The van der Waals surface area contributed by atoms with Gasteiger partial charge in [-0.2, -0.15) is 9.78 Å². The third kappa shape index (κ3) is 5.64. The molecule has 0 radical (unpaired) electrons. The van der Waals surface area contributed by atoms with E-state index in [9.17, 15) is 14.0 Å². The molecule has 4 aromatic carbocycles. The molecule has 6 aromatic rings. The quantitative estimate of drug-likeness (QED) is 0.205. The van der Waals surface area contributed by atoms with Gasteiger partial charge in [0.25, 0.3) is 11.5 Å². The number of carbonyl (C=O) groups is 1. The van der Waals surface area contributed by atoms with Crippen molar-refractivity contribution in [3.63, 3.8) is 0 Å². The van der Waals surface area contributed by atoms with E-state index < -0.39 is 5.91 Å². The van der Waals surface area contributed by atoms with Gasteiger partial charge < -0.3 is 14.5 Å². The van der Waals surface area contributed by atoms with Crippen molar-refractivity contribution in [2.45, 2.75) is 0 Å². The molecule has 8 nitrogen and oxygen atoms in total. The van der Waals surface area contributed by atoms with Crippen LogP contribution in [0.15, 0.2) is 116 Å². The smallest absolute Gasteiger partial charge is 0.282 e. The van der Waals surface area contributed by atoms with Crippen molar-refractivity contribution in [2.24, 2.45) is 5.10 Å². The minimum absolute atomic E-state index is 0.248. The number of para-hydroxylation sites is 2. The lowest BCUT2D eigenvalue weighted by molar-refractivity contribution is -0.118. The maximum Gasteiger partial charge on any atom is 0.282 e. The average molecular weight is 611 g/mol. The van der Waals surface area contributed by atoms with Crippen LogP contribution in [-0.4, -0.2) is 28.4 Å². The van der Waals surface area contributed by atoms with Gasteiger partial charge in [-0.05, 0) is 88.2 Å². The number of nitrogens with one attached hydrogen (secondary N) is 1. The van der Waals surface area contributed by atoms with Crippen LogP contribution in [0.1, 0.15) is 5.56 Å². The molecule has 202 valence electrons. The molecule has 0 saturated heterocycles. The molecule has 0 aliphatic heterocycles. The number of carbonyl (C=O) groups excluding carboxylic acids is 1. The summed E-state index contributed by atoms with van der Waals surface area (Å²) in [5.41, 5.74) is 1.99. The van der Waals surface area contributed by atoms with Gasteiger partial charge in [-0.15, -0.1) is 0 Å². The van der Waals surface area contributed by atoms with E-state index in [1.54, 1.807) is 36.4 Å². The molecular weight excluding hydrogens is 591 g/mol. The maximum absolute atomic E-state index is 13.5. The van der Waals surface area contributed by atoms with Crippen LogP contribution >= 0.6 is 15.9 Å². The summed E-state index contributed by atoms with van der Waals surface area (Å²) in [7, 11) is 0. The number of aromatic nitrogens is 2. The molecule has 0 atom stereocenters. The Morgan fingerprint density at radius 3 is 2.61 bits per heavy atom. The summed E-state index contributed by atoms with van der Waals surface area (Å²) in [5, 5.41) is 8.42. The number of hydrogen-bond donors (Lipinski definition) is 1. The van der Waals surface area contributed by atoms with Gasteiger partial charge in [-0.3, -0.25) is 9.59 Å². The highest BCUT2D eigenvalue weighted by Gasteiger charge is 2.16. The number of ether oxygens (including phenoxy) is 1. The molecule has 0 saturated carbocycles. The van der Waals surface area contributed by atoms with Crippen molar-refractivity contribution in [3.05, 3.63) is 123 Å². The van der Waals surface area contributed by atoms with Crippen molar-refractivity contribution >= 4 is 55.6 Å². The molecule has 2 heterocycles. The fraction of sp³-hybridized carbons (Fsp3) is 0.0323. The summed E-state index contributed by atoms with van der Waals surface area (Å²) in [5.74, 6) is 0.334. The van der Waals surface area contributed by atoms with E-state index in [0.29, 0.717) is 43.7 Å². The number of anilines is 1. The highest BCUT2D eigenvalue weighted by molar-refractivity contribution is 9.10. The molecule has 6 rings (SSSR count). The number of hydrogen-bond acceptors (Lipinski definition) is 6. The van der Waals surface area contributed by atoms with E-state index in [0.717, 1.165) is 5.39 Å². The van der Waals surface area contributed by atoms with Gasteiger partial charge in [0, 0.05) is 11.1 Å². The van der Waals surface area contributed by atoms with E-state index >= 15 is 0 Å². The maximum atomic E-state index is 13.5. The second-order valence-electron chi connectivity index (χ2n) is 9.00. The van der Waals surface area contributed by atoms with Crippen molar-refractivity contribution in [1.82, 2.24) is 9.66 Å². The normalized spacial score (nSPS) is 11.4. The largest absolute Gasteiger partial charge is 0.483 e. The zero-order chi connectivity index (χ0) is 28.3. The first-order valence-electron chi connectivity index (χ1n) is 12.5. The third-order valence-electron chi connectivity index (χ3n) is 6.16. The second-order valence-corrected chi connectivity index (χ2v) is 9.85. The number of benzene rings is 4. The van der Waals surface area contributed by atoms with Crippen molar-refractivity contribution < 1.29 is 18.3 Å². The number of rotatable bonds is 7. The predicted molar refractivity (Wildman–Crippen MR) is 159 cm³/mol. The molecule has 10 heteroatoms. The SMILES string of the molecule is O=C(COc1ccc(C=Nn2c(-c3cc4ccccc4o3)nc3ccccc3c2=O)cc1Br)Nc1ccc(F)cc1. The van der Waals surface area contributed by atoms with E-state index in [4.69, 9.17) is 14.1 Å². The summed E-state index contributed by atoms with van der Waals surface area (Å²) in [6, 6.07) is 27.0. The topological polar surface area (TPSA) is 98.7 Å². The van der Waals surface area contributed by atoms with Crippen LogP contribution in [0.25, 0.3) is 33.5 Å². The molecule has 0 bridgehead atoms. The molecule has 0 aliphatic carbocycles. The van der Waals surface area contributed by atoms with E-state index in [-0.39, 0.29) is 23.8 Å². The van der Waals surface area contributed by atoms with Gasteiger partial charge in [0.05, 0.1) is 21.6 Å². The van der Waals surface area contributed by atoms with Crippen molar-refractivity contribution in [2.75, 3.05) is 11.9 Å². The van der Waals surface area contributed by atoms with Gasteiger partial charge in [0.1, 0.15) is 17.1 Å². The fourth-order valence-electron chi connectivity index (χ4n) is 4.19. The van der Waals surface area contributed by atoms with Gasteiger partial charge in [-0.25, -0.2) is 9.37 Å². The van der Waals surface area contributed by atoms with Crippen LogP contribution in [0.2, 0.25) is 0 Å². The summed E-state index contributed by atoms with van der Waals surface area (Å²) in [6.45, 7) is -0.248. The summed E-state index contributed by atoms with van der Waals surface area (Å²) < 4.78 is 26.5. The van der Waals surface area contributed by atoms with Crippen molar-refractivity contribution in [3.8, 4) is 17.3 Å². The Labute approximate surface area is 240 Å². The lowest BCUT2D eigenvalue weighted by atomic mass is 10.2. The molecule has 0 unspecified atom stereocenters. The van der Waals surface area contributed by atoms with Crippen LogP contribution in [0, 0.1) is 5.82 Å². The second kappa shape index (κ2) is 11.2. The minimum Gasteiger partial charge on any atom is -0.483 e. The van der Waals surface area contributed by atoms with Gasteiger partial charge in [-0.1, -0.05) is 30.3 Å². The lowest BCUT2D eigenvalue weighted by Crippen LogP contribution is -2.20. The third-order valence-corrected chi connectivity index (χ3v) is 6.78. The van der Waals surface area contributed by atoms with Crippen molar-refractivity contribution in [1.29, 1.82) is 0 Å². The summed E-state index contributed by atoms with van der Waals surface area (Å²) in [4.78, 5) is 30.4. The standard InChI is InChI=1S/C31H20BrFN4O4/c32-24-15-19(9-14-27(24)40-18-29(38)35-22-12-10-21(33)11-13-22)17-34-37-30(28-16-20-5-1-4-8-26(20)41-28)36-25-7-3-2-6-23(25)31(37)39/h1-17H,18H2,(H,35,38). The van der Waals surface area contributed by atoms with Gasteiger partial charge >= 0.3 is 0 Å². The van der Waals surface area contributed by atoms with Crippen LogP contribution in [0.3, 0.4) is 0 Å². The molecular formula is C31H20BrFN4O4. The fourth-order valence-corrected chi connectivity index (χ4v) is 4.71. The number of nitrogens with zero attached hydrogens (tertiary/aromatic N) is 3. The molecule has 0 aliphatic rings. The van der Waals surface area contributed by atoms with Crippen LogP contribution in [0.4, 0.5) is 10.1 Å². The Balaban J connectivity index is 1.25. The van der Waals surface area contributed by atoms with Crippen LogP contribution in [0.5, 0.6) is 5.75 Å². The Morgan fingerprint density at radius 1 is 1.02 bits per heavy atom. The lowest BCUT2D eigenvalue weighted by Gasteiger charge is -2.10. The van der Waals surface area contributed by atoms with Gasteiger partial charge in [0.2, 0.25) is 5.82 Å². The average Bonchev–Trinajstić information content (AvgIpc) is 3.42. The van der Waals surface area contributed by atoms with E-state index in [1.807, 2.05) is 36.4 Å². The number of amides is 1. The highest BCUT2D eigenvalue weighted by atomic mass is 79.9. The molecule has 1 amide bonds. The monoisotopic (exact) mass is 610 g/mol. The van der Waals surface area contributed by atoms with E-state index in [2.05, 4.69) is 26.3 Å². The van der Waals surface area contributed by atoms with Crippen LogP contribution in [-0.2, 0) is 4.79 Å². The Kier molecular flexibility index (Phi) is 7.13. The first-order valence-corrected chi connectivity index (χ1v) is 13.3. The zero-order valence-corrected chi connectivity index (χ0v) is 22.8. The Bertz CT molecular complexity index is 1970. The molecule has 41 heavy (non-hydrogen) atoms. The summed E-state index contributed by atoms with van der Waals surface area (Å²) in [6.07, 6.45) is 1.53. The highest BCUT2D eigenvalue weighted by Crippen LogP contribution is 2.28. The number of furan rings is 1. The molecule has 2 aromatic heterocycles. The zero-order valence-electron chi connectivity index (χ0n) is 21.3. The number of halogens is 2. The Morgan fingerprint density at radius 2 is 1.80 bits per heavy atom. The summed E-state index contributed by atoms with van der Waals surface area (Å²) >= 11 is 3.46. The van der Waals surface area contributed by atoms with Gasteiger partial charge in [0.15, 0.2) is 12.4 Å². The molecule has 1 N–H and O–H groups in total. The predicted octanol–water partition coefficient (Wildman–Crippen LogP) is 6.61. The first-order chi connectivity index (χ1) is 19.9. The first kappa shape index (κ1) is 26.1. The van der Waals surface area contributed by atoms with Crippen LogP contribution < -0.4 is 15.6 Å². The van der Waals surface area contributed by atoms with E-state index in [1.165, 1.54) is 35.2 Å². The molecule has 0 fully saturated rings. The molecule has 0 spiro atoms.